The van der Waals surface area contributed by atoms with Crippen LogP contribution in [0.1, 0.15) is 43.5 Å². The first kappa shape index (κ1) is 17.6. The Kier molecular flexibility index (Phi) is 5.81. The van der Waals surface area contributed by atoms with Crippen LogP contribution in [0.15, 0.2) is 30.6 Å². The standard InChI is InChI=1S/C19H27N5O/c1-3-10-24-18(21-14-22-24)15-7-5-8-16(12-15)19(25)20-13-17-9-6-11-23(17)4-2/h5,7-8,12,14,17H,3-4,6,9-11,13H2,1-2H3,(H,20,25)/t17-/m1/s1. The lowest BCUT2D eigenvalue weighted by Gasteiger charge is -2.22. The fourth-order valence-corrected chi connectivity index (χ4v) is 3.52. The Labute approximate surface area is 149 Å². The summed E-state index contributed by atoms with van der Waals surface area (Å²) >= 11 is 0. The normalized spacial score (nSPS) is 17.8. The lowest BCUT2D eigenvalue weighted by molar-refractivity contribution is 0.0941. The Bertz CT molecular complexity index is 711. The summed E-state index contributed by atoms with van der Waals surface area (Å²) in [5, 5.41) is 7.36. The maximum absolute atomic E-state index is 12.6. The lowest BCUT2D eigenvalue weighted by Crippen LogP contribution is -2.40. The first-order valence-corrected chi connectivity index (χ1v) is 9.23. The highest BCUT2D eigenvalue weighted by atomic mass is 16.1. The SMILES string of the molecule is CCCn1ncnc1-c1cccc(C(=O)NC[C@H]2CCCN2CC)c1. The Morgan fingerprint density at radius 3 is 3.04 bits per heavy atom. The number of hydrogen-bond acceptors (Lipinski definition) is 4. The summed E-state index contributed by atoms with van der Waals surface area (Å²) in [4.78, 5) is 19.3. The van der Waals surface area contributed by atoms with Crippen molar-refractivity contribution < 1.29 is 4.79 Å². The van der Waals surface area contributed by atoms with Gasteiger partial charge < -0.3 is 5.32 Å². The summed E-state index contributed by atoms with van der Waals surface area (Å²) < 4.78 is 1.88. The van der Waals surface area contributed by atoms with Gasteiger partial charge in [-0.15, -0.1) is 0 Å². The molecule has 1 N–H and O–H groups in total. The van der Waals surface area contributed by atoms with Gasteiger partial charge in [-0.3, -0.25) is 9.69 Å². The smallest absolute Gasteiger partial charge is 0.251 e. The van der Waals surface area contributed by atoms with E-state index in [0.717, 1.165) is 43.9 Å². The van der Waals surface area contributed by atoms with Crippen LogP contribution < -0.4 is 5.32 Å². The summed E-state index contributed by atoms with van der Waals surface area (Å²) in [5.41, 5.74) is 1.60. The third-order valence-electron chi connectivity index (χ3n) is 4.84. The van der Waals surface area contributed by atoms with Crippen LogP contribution in [-0.4, -0.2) is 51.2 Å². The van der Waals surface area contributed by atoms with Crippen LogP contribution in [0, 0.1) is 0 Å². The third kappa shape index (κ3) is 4.07. The Morgan fingerprint density at radius 1 is 1.36 bits per heavy atom. The van der Waals surface area contributed by atoms with Crippen molar-refractivity contribution in [1.82, 2.24) is 25.0 Å². The van der Waals surface area contributed by atoms with Gasteiger partial charge in [-0.2, -0.15) is 5.10 Å². The first-order chi connectivity index (χ1) is 12.2. The molecule has 1 amide bonds. The van der Waals surface area contributed by atoms with Crippen LogP contribution in [0.25, 0.3) is 11.4 Å². The minimum atomic E-state index is -0.0219. The minimum absolute atomic E-state index is 0.0219. The van der Waals surface area contributed by atoms with Gasteiger partial charge in [0.2, 0.25) is 0 Å². The van der Waals surface area contributed by atoms with Gasteiger partial charge in [0.15, 0.2) is 5.82 Å². The van der Waals surface area contributed by atoms with E-state index < -0.39 is 0 Å². The number of likely N-dealkylation sites (tertiary alicyclic amines) is 1. The van der Waals surface area contributed by atoms with E-state index in [-0.39, 0.29) is 5.91 Å². The number of aromatic nitrogens is 3. The number of benzene rings is 1. The van der Waals surface area contributed by atoms with Crippen molar-refractivity contribution in [1.29, 1.82) is 0 Å². The van der Waals surface area contributed by atoms with E-state index in [4.69, 9.17) is 0 Å². The first-order valence-electron chi connectivity index (χ1n) is 9.23. The molecule has 0 unspecified atom stereocenters. The summed E-state index contributed by atoms with van der Waals surface area (Å²) in [6, 6.07) is 8.10. The van der Waals surface area contributed by atoms with Crippen molar-refractivity contribution in [3.63, 3.8) is 0 Å². The molecule has 3 rings (SSSR count). The molecule has 2 aromatic rings. The fraction of sp³-hybridized carbons (Fsp3) is 0.526. The topological polar surface area (TPSA) is 63.1 Å². The van der Waals surface area contributed by atoms with Crippen molar-refractivity contribution in [3.05, 3.63) is 36.2 Å². The molecule has 134 valence electrons. The third-order valence-corrected chi connectivity index (χ3v) is 4.84. The number of carbonyl (C=O) groups is 1. The maximum atomic E-state index is 12.6. The van der Waals surface area contributed by atoms with Crippen LogP contribution in [0.3, 0.4) is 0 Å². The Balaban J connectivity index is 1.68. The fourth-order valence-electron chi connectivity index (χ4n) is 3.52. The number of aryl methyl sites for hydroxylation is 1. The molecule has 1 aromatic carbocycles. The van der Waals surface area contributed by atoms with E-state index in [1.54, 1.807) is 6.33 Å². The molecule has 0 bridgehead atoms. The zero-order valence-corrected chi connectivity index (χ0v) is 15.1. The van der Waals surface area contributed by atoms with E-state index in [2.05, 4.69) is 34.1 Å². The van der Waals surface area contributed by atoms with Gasteiger partial charge in [0.25, 0.3) is 5.91 Å². The van der Waals surface area contributed by atoms with Crippen molar-refractivity contribution in [2.24, 2.45) is 0 Å². The van der Waals surface area contributed by atoms with Gasteiger partial charge in [0.1, 0.15) is 6.33 Å². The zero-order chi connectivity index (χ0) is 17.6. The molecule has 1 atom stereocenters. The second kappa shape index (κ2) is 8.25. The number of carbonyl (C=O) groups excluding carboxylic acids is 1. The van der Waals surface area contributed by atoms with Gasteiger partial charge >= 0.3 is 0 Å². The minimum Gasteiger partial charge on any atom is -0.350 e. The van der Waals surface area contributed by atoms with Crippen molar-refractivity contribution in [3.8, 4) is 11.4 Å². The number of rotatable bonds is 7. The zero-order valence-electron chi connectivity index (χ0n) is 15.1. The van der Waals surface area contributed by atoms with Gasteiger partial charge in [0.05, 0.1) is 0 Å². The highest BCUT2D eigenvalue weighted by Crippen LogP contribution is 2.19. The molecular formula is C19H27N5O. The number of nitrogens with one attached hydrogen (secondary N) is 1. The van der Waals surface area contributed by atoms with E-state index in [0.29, 0.717) is 18.2 Å². The van der Waals surface area contributed by atoms with Crippen molar-refractivity contribution in [2.75, 3.05) is 19.6 Å². The summed E-state index contributed by atoms with van der Waals surface area (Å²) in [6.45, 7) is 8.00. The molecule has 0 spiro atoms. The molecule has 1 aromatic heterocycles. The van der Waals surface area contributed by atoms with Crippen LogP contribution >= 0.6 is 0 Å². The molecule has 1 saturated heterocycles. The average Bonchev–Trinajstić information content (AvgIpc) is 3.29. The van der Waals surface area contributed by atoms with Crippen LogP contribution in [-0.2, 0) is 6.54 Å². The van der Waals surface area contributed by atoms with Crippen LogP contribution in [0.5, 0.6) is 0 Å². The monoisotopic (exact) mass is 341 g/mol. The van der Waals surface area contributed by atoms with E-state index in [1.807, 2.05) is 28.9 Å². The molecule has 0 aliphatic carbocycles. The average molecular weight is 341 g/mol. The Morgan fingerprint density at radius 2 is 2.24 bits per heavy atom. The summed E-state index contributed by atoms with van der Waals surface area (Å²) in [7, 11) is 0. The number of likely N-dealkylation sites (N-methyl/N-ethyl adjacent to an activating group) is 1. The molecular weight excluding hydrogens is 314 g/mol. The lowest BCUT2D eigenvalue weighted by atomic mass is 10.1. The number of nitrogens with zero attached hydrogens (tertiary/aromatic N) is 4. The van der Waals surface area contributed by atoms with Gasteiger partial charge in [-0.25, -0.2) is 9.67 Å². The van der Waals surface area contributed by atoms with Gasteiger partial charge in [0, 0.05) is 30.3 Å². The van der Waals surface area contributed by atoms with Gasteiger partial charge in [-0.05, 0) is 44.5 Å². The van der Waals surface area contributed by atoms with Crippen LogP contribution in [0.2, 0.25) is 0 Å². The van der Waals surface area contributed by atoms with E-state index in [9.17, 15) is 4.79 Å². The molecule has 1 fully saturated rings. The van der Waals surface area contributed by atoms with E-state index >= 15 is 0 Å². The second-order valence-electron chi connectivity index (χ2n) is 6.52. The summed E-state index contributed by atoms with van der Waals surface area (Å²) in [5.74, 6) is 0.788. The quantitative estimate of drug-likeness (QED) is 0.841. The molecule has 6 nitrogen and oxygen atoms in total. The Hall–Kier alpha value is -2.21. The van der Waals surface area contributed by atoms with Crippen molar-refractivity contribution >= 4 is 5.91 Å². The van der Waals surface area contributed by atoms with Gasteiger partial charge in [-0.1, -0.05) is 26.0 Å². The van der Waals surface area contributed by atoms with Crippen molar-refractivity contribution in [2.45, 2.75) is 45.7 Å². The molecule has 1 aliphatic heterocycles. The highest BCUT2D eigenvalue weighted by Gasteiger charge is 2.23. The largest absolute Gasteiger partial charge is 0.350 e. The molecule has 1 aliphatic rings. The predicted molar refractivity (Wildman–Crippen MR) is 98.4 cm³/mol. The molecule has 0 radical (unpaired) electrons. The second-order valence-corrected chi connectivity index (χ2v) is 6.52. The molecule has 0 saturated carbocycles. The summed E-state index contributed by atoms with van der Waals surface area (Å²) in [6.07, 6.45) is 4.94. The maximum Gasteiger partial charge on any atom is 0.251 e. The molecule has 6 heteroatoms. The molecule has 2 heterocycles. The number of hydrogen-bond donors (Lipinski definition) is 1. The van der Waals surface area contributed by atoms with Crippen LogP contribution in [0.4, 0.5) is 0 Å². The highest BCUT2D eigenvalue weighted by molar-refractivity contribution is 5.95. The molecule has 25 heavy (non-hydrogen) atoms. The predicted octanol–water partition coefficient (Wildman–Crippen LogP) is 2.57. The number of amides is 1. The van der Waals surface area contributed by atoms with E-state index in [1.165, 1.54) is 6.42 Å².